The summed E-state index contributed by atoms with van der Waals surface area (Å²) in [5.41, 5.74) is 0.516. The van der Waals surface area contributed by atoms with Crippen LogP contribution in [0, 0.1) is 5.41 Å². The maximum Gasteiger partial charge on any atom is -0.000968 e. The summed E-state index contributed by atoms with van der Waals surface area (Å²) in [7, 11) is 0. The van der Waals surface area contributed by atoms with Crippen LogP contribution in [0.15, 0.2) is 0 Å². The predicted molar refractivity (Wildman–Crippen MR) is 51.7 cm³/mol. The molecular weight excluding hydrogens is 140 g/mol. The zero-order valence-corrected chi connectivity index (χ0v) is 8.72. The van der Waals surface area contributed by atoms with E-state index in [0.29, 0.717) is 5.41 Å². The Morgan fingerprint density at radius 2 is 1.70 bits per heavy atom. The lowest BCUT2D eigenvalue weighted by molar-refractivity contribution is 0.401. The Kier molecular flexibility index (Phi) is 4.42. The van der Waals surface area contributed by atoms with Gasteiger partial charge in [-0.25, -0.2) is 0 Å². The first-order valence-electron chi connectivity index (χ1n) is 4.03. The Morgan fingerprint density at radius 3 is 2.00 bits per heavy atom. The molecule has 0 spiro atoms. The average molecular weight is 160 g/mol. The normalized spacial score (nSPS) is 12.6. The second kappa shape index (κ2) is 4.27. The lowest BCUT2D eigenvalue weighted by Crippen LogP contribution is -2.06. The van der Waals surface area contributed by atoms with Gasteiger partial charge in [0.2, 0.25) is 0 Å². The highest BCUT2D eigenvalue weighted by Crippen LogP contribution is 2.22. The van der Waals surface area contributed by atoms with Gasteiger partial charge in [0.05, 0.1) is 0 Å². The molecule has 0 fully saturated rings. The van der Waals surface area contributed by atoms with Gasteiger partial charge in [0.1, 0.15) is 0 Å². The van der Waals surface area contributed by atoms with Crippen molar-refractivity contribution < 1.29 is 0 Å². The summed E-state index contributed by atoms with van der Waals surface area (Å²) in [5.74, 6) is 1.31. The van der Waals surface area contributed by atoms with Crippen LogP contribution in [0.2, 0.25) is 0 Å². The van der Waals surface area contributed by atoms with E-state index in [2.05, 4.69) is 46.4 Å². The zero-order chi connectivity index (χ0) is 8.20. The quantitative estimate of drug-likeness (QED) is 0.608. The van der Waals surface area contributed by atoms with E-state index in [-0.39, 0.29) is 0 Å². The van der Waals surface area contributed by atoms with Crippen molar-refractivity contribution in [3.05, 3.63) is 0 Å². The highest BCUT2D eigenvalue weighted by molar-refractivity contribution is 7.99. The standard InChI is InChI=1S/C9H20S/c1-8(2)10-7-6-9(3,4)5/h8H,6-7H2,1-5H3. The first-order valence-corrected chi connectivity index (χ1v) is 5.08. The van der Waals surface area contributed by atoms with Crippen molar-refractivity contribution in [3.8, 4) is 0 Å². The first kappa shape index (κ1) is 10.3. The van der Waals surface area contributed by atoms with Crippen molar-refractivity contribution in [2.75, 3.05) is 5.75 Å². The summed E-state index contributed by atoms with van der Waals surface area (Å²) in [6.45, 7) is 11.4. The minimum atomic E-state index is 0.516. The summed E-state index contributed by atoms with van der Waals surface area (Å²) < 4.78 is 0. The number of hydrogen-bond donors (Lipinski definition) is 0. The van der Waals surface area contributed by atoms with E-state index in [4.69, 9.17) is 0 Å². The third-order valence-corrected chi connectivity index (χ3v) is 2.41. The van der Waals surface area contributed by atoms with Gasteiger partial charge in [-0.2, -0.15) is 11.8 Å². The molecule has 0 aromatic carbocycles. The molecule has 62 valence electrons. The maximum atomic E-state index is 2.30. The monoisotopic (exact) mass is 160 g/mol. The van der Waals surface area contributed by atoms with Crippen molar-refractivity contribution in [3.63, 3.8) is 0 Å². The summed E-state index contributed by atoms with van der Waals surface area (Å²) in [6.07, 6.45) is 1.33. The van der Waals surface area contributed by atoms with Crippen LogP contribution in [-0.2, 0) is 0 Å². The molecule has 0 heterocycles. The van der Waals surface area contributed by atoms with Crippen molar-refractivity contribution in [2.45, 2.75) is 46.3 Å². The molecule has 0 amide bonds. The molecule has 0 aliphatic rings. The van der Waals surface area contributed by atoms with Gasteiger partial charge in [-0.1, -0.05) is 34.6 Å². The Balaban J connectivity index is 3.21. The van der Waals surface area contributed by atoms with Crippen LogP contribution in [0.5, 0.6) is 0 Å². The predicted octanol–water partition coefficient (Wildman–Crippen LogP) is 3.56. The number of hydrogen-bond acceptors (Lipinski definition) is 1. The Morgan fingerprint density at radius 1 is 1.20 bits per heavy atom. The second-order valence-electron chi connectivity index (χ2n) is 4.23. The van der Waals surface area contributed by atoms with Gasteiger partial charge < -0.3 is 0 Å². The summed E-state index contributed by atoms with van der Waals surface area (Å²) in [6, 6.07) is 0. The summed E-state index contributed by atoms with van der Waals surface area (Å²) in [5, 5.41) is 0.794. The fraction of sp³-hybridized carbons (Fsp3) is 1.00. The van der Waals surface area contributed by atoms with Crippen LogP contribution >= 0.6 is 11.8 Å². The average Bonchev–Trinajstić information content (AvgIpc) is 1.59. The van der Waals surface area contributed by atoms with Crippen LogP contribution in [-0.4, -0.2) is 11.0 Å². The van der Waals surface area contributed by atoms with Crippen LogP contribution in [0.3, 0.4) is 0 Å². The molecular formula is C9H20S. The Hall–Kier alpha value is 0.350. The fourth-order valence-electron chi connectivity index (χ4n) is 0.601. The van der Waals surface area contributed by atoms with E-state index in [1.807, 2.05) is 0 Å². The second-order valence-corrected chi connectivity index (χ2v) is 5.91. The molecule has 0 saturated heterocycles. The van der Waals surface area contributed by atoms with Gasteiger partial charge in [-0.15, -0.1) is 0 Å². The molecule has 0 aliphatic heterocycles. The molecule has 0 atom stereocenters. The molecule has 0 radical (unpaired) electrons. The molecule has 0 unspecified atom stereocenters. The molecule has 0 aliphatic carbocycles. The van der Waals surface area contributed by atoms with Crippen molar-refractivity contribution in [2.24, 2.45) is 5.41 Å². The van der Waals surface area contributed by atoms with Crippen LogP contribution in [0.4, 0.5) is 0 Å². The molecule has 0 aromatic heterocycles. The van der Waals surface area contributed by atoms with Crippen LogP contribution in [0.25, 0.3) is 0 Å². The van der Waals surface area contributed by atoms with Gasteiger partial charge in [-0.05, 0) is 22.8 Å². The van der Waals surface area contributed by atoms with Crippen molar-refractivity contribution >= 4 is 11.8 Å². The van der Waals surface area contributed by atoms with E-state index in [9.17, 15) is 0 Å². The van der Waals surface area contributed by atoms with Crippen molar-refractivity contribution in [1.29, 1.82) is 0 Å². The maximum absolute atomic E-state index is 2.30. The molecule has 0 saturated carbocycles. The lowest BCUT2D eigenvalue weighted by atomic mass is 9.94. The molecule has 0 aromatic rings. The van der Waals surface area contributed by atoms with Crippen molar-refractivity contribution in [1.82, 2.24) is 0 Å². The van der Waals surface area contributed by atoms with Gasteiger partial charge in [0.15, 0.2) is 0 Å². The molecule has 0 bridgehead atoms. The number of rotatable bonds is 3. The minimum Gasteiger partial charge on any atom is -0.159 e. The lowest BCUT2D eigenvalue weighted by Gasteiger charge is -2.17. The molecule has 1 heteroatoms. The highest BCUT2D eigenvalue weighted by Gasteiger charge is 2.09. The molecule has 10 heavy (non-hydrogen) atoms. The Labute approximate surface area is 69.8 Å². The highest BCUT2D eigenvalue weighted by atomic mass is 32.2. The van der Waals surface area contributed by atoms with E-state index in [1.165, 1.54) is 12.2 Å². The third-order valence-electron chi connectivity index (χ3n) is 1.30. The van der Waals surface area contributed by atoms with Gasteiger partial charge in [0.25, 0.3) is 0 Å². The van der Waals surface area contributed by atoms with E-state index < -0.39 is 0 Å². The largest absolute Gasteiger partial charge is 0.159 e. The minimum absolute atomic E-state index is 0.516. The zero-order valence-electron chi connectivity index (χ0n) is 7.90. The molecule has 0 rings (SSSR count). The molecule has 0 N–H and O–H groups in total. The topological polar surface area (TPSA) is 0 Å². The Bertz CT molecular complexity index is 79.2. The first-order chi connectivity index (χ1) is 4.42. The third kappa shape index (κ3) is 8.35. The summed E-state index contributed by atoms with van der Waals surface area (Å²) in [4.78, 5) is 0. The summed E-state index contributed by atoms with van der Waals surface area (Å²) >= 11 is 2.06. The molecule has 0 nitrogen and oxygen atoms in total. The van der Waals surface area contributed by atoms with E-state index in [1.54, 1.807) is 0 Å². The van der Waals surface area contributed by atoms with E-state index >= 15 is 0 Å². The van der Waals surface area contributed by atoms with Crippen LogP contribution < -0.4 is 0 Å². The fourth-order valence-corrected chi connectivity index (χ4v) is 1.80. The van der Waals surface area contributed by atoms with Gasteiger partial charge in [0, 0.05) is 0 Å². The van der Waals surface area contributed by atoms with Gasteiger partial charge >= 0.3 is 0 Å². The van der Waals surface area contributed by atoms with Gasteiger partial charge in [-0.3, -0.25) is 0 Å². The SMILES string of the molecule is CC(C)SCCC(C)(C)C. The number of thioether (sulfide) groups is 1. The smallest absolute Gasteiger partial charge is 0.000968 e. The van der Waals surface area contributed by atoms with E-state index in [0.717, 1.165) is 5.25 Å². The van der Waals surface area contributed by atoms with Crippen LogP contribution in [0.1, 0.15) is 41.0 Å².